The average Bonchev–Trinajstić information content (AvgIpc) is 2.56. The van der Waals surface area contributed by atoms with E-state index in [1.165, 1.54) is 0 Å². The zero-order valence-corrected chi connectivity index (χ0v) is 8.84. The molecule has 1 aromatic rings. The molecular weight excluding hydrogens is 228 g/mol. The molecule has 0 bridgehead atoms. The number of aliphatic imine (C=N–C) groups is 1. The van der Waals surface area contributed by atoms with Crippen LogP contribution in [-0.4, -0.2) is 12.3 Å². The maximum absolute atomic E-state index is 5.89. The lowest BCUT2D eigenvalue weighted by Crippen LogP contribution is -2.01. The van der Waals surface area contributed by atoms with Crippen LogP contribution >= 0.6 is 15.9 Å². The molecule has 1 aromatic carbocycles. The Labute approximate surface area is 86.0 Å². The topological polar surface area (TPSA) is 38.4 Å². The van der Waals surface area contributed by atoms with Crippen molar-refractivity contribution in [3.63, 3.8) is 0 Å². The molecule has 0 atom stereocenters. The Kier molecular flexibility index (Phi) is 2.36. The first-order valence-corrected chi connectivity index (χ1v) is 5.15. The normalized spacial score (nSPS) is 15.9. The van der Waals surface area contributed by atoms with Crippen LogP contribution in [0.2, 0.25) is 0 Å². The van der Waals surface area contributed by atoms with Gasteiger partial charge >= 0.3 is 0 Å². The third-order valence-corrected chi connectivity index (χ3v) is 2.69. The fourth-order valence-corrected chi connectivity index (χ4v) is 1.93. The van der Waals surface area contributed by atoms with Gasteiger partial charge in [0.15, 0.2) is 0 Å². The van der Waals surface area contributed by atoms with Crippen LogP contribution in [-0.2, 0) is 0 Å². The van der Waals surface area contributed by atoms with Crippen molar-refractivity contribution < 1.29 is 0 Å². The minimum absolute atomic E-state index is 0.815. The maximum Gasteiger partial charge on any atom is 0.0441 e. The van der Waals surface area contributed by atoms with Crippen LogP contribution in [0.5, 0.6) is 0 Å². The minimum Gasteiger partial charge on any atom is -0.398 e. The van der Waals surface area contributed by atoms with Gasteiger partial charge in [-0.25, -0.2) is 0 Å². The van der Waals surface area contributed by atoms with Crippen LogP contribution in [0.4, 0.5) is 5.69 Å². The number of hydrogen-bond acceptors (Lipinski definition) is 2. The Morgan fingerprint density at radius 3 is 2.85 bits per heavy atom. The van der Waals surface area contributed by atoms with Crippen molar-refractivity contribution >= 4 is 27.3 Å². The van der Waals surface area contributed by atoms with Gasteiger partial charge in [0.2, 0.25) is 0 Å². The summed E-state index contributed by atoms with van der Waals surface area (Å²) in [7, 11) is 0. The molecule has 3 heteroatoms. The fourth-order valence-electron chi connectivity index (χ4n) is 1.56. The zero-order chi connectivity index (χ0) is 9.26. The first-order valence-electron chi connectivity index (χ1n) is 4.36. The SMILES string of the molecule is Nc1cc(Br)ccc1C1=NCCC1. The summed E-state index contributed by atoms with van der Waals surface area (Å²) in [5.74, 6) is 0. The molecule has 0 spiro atoms. The fraction of sp³-hybridized carbons (Fsp3) is 0.300. The lowest BCUT2D eigenvalue weighted by Gasteiger charge is -2.04. The molecule has 0 aromatic heterocycles. The number of nitrogen functional groups attached to an aromatic ring is 1. The summed E-state index contributed by atoms with van der Waals surface area (Å²) in [6.45, 7) is 0.949. The van der Waals surface area contributed by atoms with Crippen LogP contribution in [0.15, 0.2) is 27.7 Å². The Morgan fingerprint density at radius 1 is 1.38 bits per heavy atom. The highest BCUT2D eigenvalue weighted by Gasteiger charge is 2.11. The summed E-state index contributed by atoms with van der Waals surface area (Å²) in [6, 6.07) is 5.96. The predicted octanol–water partition coefficient (Wildman–Crippen LogP) is 2.61. The molecular formula is C10H11BrN2. The van der Waals surface area contributed by atoms with E-state index in [-0.39, 0.29) is 0 Å². The Hall–Kier alpha value is -0.830. The number of hydrogen-bond donors (Lipinski definition) is 1. The van der Waals surface area contributed by atoms with E-state index in [4.69, 9.17) is 5.73 Å². The van der Waals surface area contributed by atoms with E-state index in [9.17, 15) is 0 Å². The van der Waals surface area contributed by atoms with Gasteiger partial charge in [0.1, 0.15) is 0 Å². The van der Waals surface area contributed by atoms with E-state index in [1.54, 1.807) is 0 Å². The van der Waals surface area contributed by atoms with Crippen LogP contribution < -0.4 is 5.73 Å². The van der Waals surface area contributed by atoms with Gasteiger partial charge in [-0.3, -0.25) is 4.99 Å². The Morgan fingerprint density at radius 2 is 2.23 bits per heavy atom. The molecule has 2 rings (SSSR count). The third kappa shape index (κ3) is 1.75. The zero-order valence-electron chi connectivity index (χ0n) is 7.26. The van der Waals surface area contributed by atoms with E-state index in [0.717, 1.165) is 40.8 Å². The Balaban J connectivity index is 2.40. The molecule has 1 aliphatic heterocycles. The molecule has 13 heavy (non-hydrogen) atoms. The standard InChI is InChI=1S/C10H11BrN2/c11-7-3-4-8(9(12)6-7)10-2-1-5-13-10/h3-4,6H,1-2,5,12H2. The molecule has 1 heterocycles. The Bertz CT molecular complexity index is 358. The average molecular weight is 239 g/mol. The van der Waals surface area contributed by atoms with Crippen molar-refractivity contribution in [2.45, 2.75) is 12.8 Å². The summed E-state index contributed by atoms with van der Waals surface area (Å²) < 4.78 is 1.02. The van der Waals surface area contributed by atoms with E-state index in [1.807, 2.05) is 18.2 Å². The molecule has 1 aliphatic rings. The van der Waals surface area contributed by atoms with Crippen LogP contribution in [0, 0.1) is 0 Å². The molecule has 0 amide bonds. The molecule has 0 saturated carbocycles. The molecule has 0 fully saturated rings. The second kappa shape index (κ2) is 3.50. The van der Waals surface area contributed by atoms with Gasteiger partial charge in [-0.1, -0.05) is 15.9 Å². The lowest BCUT2D eigenvalue weighted by atomic mass is 10.1. The van der Waals surface area contributed by atoms with Gasteiger partial charge in [0, 0.05) is 28.0 Å². The van der Waals surface area contributed by atoms with Crippen LogP contribution in [0.1, 0.15) is 18.4 Å². The second-order valence-corrected chi connectivity index (χ2v) is 4.08. The molecule has 0 radical (unpaired) electrons. The summed E-state index contributed by atoms with van der Waals surface area (Å²) in [6.07, 6.45) is 2.22. The van der Waals surface area contributed by atoms with Gasteiger partial charge in [-0.2, -0.15) is 0 Å². The number of benzene rings is 1. The molecule has 0 unspecified atom stereocenters. The number of anilines is 1. The summed E-state index contributed by atoms with van der Waals surface area (Å²) in [5, 5.41) is 0. The quantitative estimate of drug-likeness (QED) is 0.751. The maximum atomic E-state index is 5.89. The van der Waals surface area contributed by atoms with E-state index >= 15 is 0 Å². The first-order chi connectivity index (χ1) is 6.27. The molecule has 2 N–H and O–H groups in total. The smallest absolute Gasteiger partial charge is 0.0441 e. The summed E-state index contributed by atoms with van der Waals surface area (Å²) >= 11 is 3.38. The largest absolute Gasteiger partial charge is 0.398 e. The van der Waals surface area contributed by atoms with Gasteiger partial charge < -0.3 is 5.73 Å². The second-order valence-electron chi connectivity index (χ2n) is 3.16. The summed E-state index contributed by atoms with van der Waals surface area (Å²) in [4.78, 5) is 4.42. The predicted molar refractivity (Wildman–Crippen MR) is 59.2 cm³/mol. The summed E-state index contributed by atoms with van der Waals surface area (Å²) in [5.41, 5.74) is 8.96. The number of nitrogens with two attached hydrogens (primary N) is 1. The lowest BCUT2D eigenvalue weighted by molar-refractivity contribution is 0.951. The molecule has 0 aliphatic carbocycles. The van der Waals surface area contributed by atoms with Gasteiger partial charge in [0.25, 0.3) is 0 Å². The highest BCUT2D eigenvalue weighted by atomic mass is 79.9. The highest BCUT2D eigenvalue weighted by molar-refractivity contribution is 9.10. The van der Waals surface area contributed by atoms with Crippen molar-refractivity contribution in [2.24, 2.45) is 4.99 Å². The van der Waals surface area contributed by atoms with Gasteiger partial charge in [-0.15, -0.1) is 0 Å². The minimum atomic E-state index is 0.815. The van der Waals surface area contributed by atoms with Gasteiger partial charge in [-0.05, 0) is 31.0 Å². The monoisotopic (exact) mass is 238 g/mol. The third-order valence-electron chi connectivity index (χ3n) is 2.20. The molecule has 68 valence electrons. The first kappa shape index (κ1) is 8.75. The highest BCUT2D eigenvalue weighted by Crippen LogP contribution is 2.22. The van der Waals surface area contributed by atoms with Crippen molar-refractivity contribution in [3.8, 4) is 0 Å². The van der Waals surface area contributed by atoms with Gasteiger partial charge in [0.05, 0.1) is 0 Å². The van der Waals surface area contributed by atoms with E-state index in [2.05, 4.69) is 20.9 Å². The molecule has 2 nitrogen and oxygen atoms in total. The van der Waals surface area contributed by atoms with Crippen LogP contribution in [0.3, 0.4) is 0 Å². The number of halogens is 1. The molecule has 0 saturated heterocycles. The number of rotatable bonds is 1. The van der Waals surface area contributed by atoms with Crippen LogP contribution in [0.25, 0.3) is 0 Å². The number of nitrogens with zero attached hydrogens (tertiary/aromatic N) is 1. The van der Waals surface area contributed by atoms with E-state index in [0.29, 0.717) is 0 Å². The van der Waals surface area contributed by atoms with Crippen molar-refractivity contribution in [1.29, 1.82) is 0 Å². The van der Waals surface area contributed by atoms with E-state index < -0.39 is 0 Å². The van der Waals surface area contributed by atoms with Crippen molar-refractivity contribution in [3.05, 3.63) is 28.2 Å². The van der Waals surface area contributed by atoms with Crippen molar-refractivity contribution in [2.75, 3.05) is 12.3 Å². The van der Waals surface area contributed by atoms with Crippen molar-refractivity contribution in [1.82, 2.24) is 0 Å².